The molecule has 8 heteroatoms. The van der Waals surface area contributed by atoms with Crippen LogP contribution >= 0.6 is 0 Å². The van der Waals surface area contributed by atoms with Gasteiger partial charge in [0, 0.05) is 0 Å². The third kappa shape index (κ3) is 4.04. The number of benzene rings is 1. The molecule has 2 N–H and O–H groups in total. The molecule has 1 aromatic rings. The Balaban J connectivity index is 2.03. The summed E-state index contributed by atoms with van der Waals surface area (Å²) in [5, 5.41) is 12.3. The van der Waals surface area contributed by atoms with E-state index in [4.69, 9.17) is 4.74 Å². The van der Waals surface area contributed by atoms with Crippen LogP contribution in [0, 0.1) is 0 Å². The standard InChI is InChI=1S/C15H19AsN2O5/c1-23-11-4-2-9(3-5-11)14(20)17-10-6-12(15(21)22)18(8-10)13(19)7-16/h2-5,10,12H,6-8,16H2,1H3,(H,17,20)(H,21,22). The SMILES string of the molecule is COc1ccc(C(=O)NC2CC(C(=O)O)N(C(=O)C[AsH2])C2)cc1. The normalized spacial score (nSPS) is 20.2. The molecule has 1 aromatic carbocycles. The Morgan fingerprint density at radius 2 is 2.00 bits per heavy atom. The molecular formula is C15H19AsN2O5. The molecule has 1 fully saturated rings. The van der Waals surface area contributed by atoms with Crippen LogP contribution in [0.15, 0.2) is 24.3 Å². The first-order valence-corrected chi connectivity index (χ1v) is 8.84. The van der Waals surface area contributed by atoms with Gasteiger partial charge in [-0.1, -0.05) is 0 Å². The third-order valence-electron chi connectivity index (χ3n) is 3.77. The Morgan fingerprint density at radius 1 is 1.35 bits per heavy atom. The van der Waals surface area contributed by atoms with Crippen molar-refractivity contribution in [2.24, 2.45) is 0 Å². The number of carbonyl (C=O) groups excluding carboxylic acids is 2. The summed E-state index contributed by atoms with van der Waals surface area (Å²) in [6, 6.07) is 5.38. The fraction of sp³-hybridized carbons (Fsp3) is 0.400. The first kappa shape index (κ1) is 17.3. The van der Waals surface area contributed by atoms with E-state index >= 15 is 0 Å². The first-order valence-electron chi connectivity index (χ1n) is 7.13. The van der Waals surface area contributed by atoms with Gasteiger partial charge in [-0.25, -0.2) is 0 Å². The van der Waals surface area contributed by atoms with Crippen molar-refractivity contribution in [2.75, 3.05) is 13.7 Å². The van der Waals surface area contributed by atoms with Gasteiger partial charge < -0.3 is 0 Å². The average molecular weight is 382 g/mol. The van der Waals surface area contributed by atoms with Gasteiger partial charge in [-0.3, -0.25) is 0 Å². The number of rotatable bonds is 5. The van der Waals surface area contributed by atoms with Gasteiger partial charge >= 0.3 is 135 Å². The van der Waals surface area contributed by atoms with E-state index in [0.29, 0.717) is 16.5 Å². The summed E-state index contributed by atoms with van der Waals surface area (Å²) in [6.45, 7) is 0.224. The molecule has 2 amide bonds. The van der Waals surface area contributed by atoms with Crippen LogP contribution in [0.5, 0.6) is 5.75 Å². The van der Waals surface area contributed by atoms with Crippen molar-refractivity contribution in [1.82, 2.24) is 10.2 Å². The van der Waals surface area contributed by atoms with Gasteiger partial charge in [0.25, 0.3) is 0 Å². The van der Waals surface area contributed by atoms with Crippen molar-refractivity contribution in [3.05, 3.63) is 29.8 Å². The minimum atomic E-state index is -1.04. The van der Waals surface area contributed by atoms with E-state index in [-0.39, 0.29) is 30.8 Å². The zero-order valence-electron chi connectivity index (χ0n) is 12.7. The van der Waals surface area contributed by atoms with Gasteiger partial charge in [-0.15, -0.1) is 0 Å². The number of amides is 2. The van der Waals surface area contributed by atoms with Crippen molar-refractivity contribution >= 4 is 34.6 Å². The summed E-state index contributed by atoms with van der Waals surface area (Å²) in [6.07, 6.45) is 0.218. The molecule has 0 saturated carbocycles. The van der Waals surface area contributed by atoms with Crippen molar-refractivity contribution < 1.29 is 24.2 Å². The Labute approximate surface area is 142 Å². The summed E-state index contributed by atoms with van der Waals surface area (Å²) in [5.41, 5.74) is 0.460. The van der Waals surface area contributed by atoms with Crippen LogP contribution in [0.3, 0.4) is 0 Å². The minimum absolute atomic E-state index is 0.196. The summed E-state index contributed by atoms with van der Waals surface area (Å²) < 4.78 is 5.04. The van der Waals surface area contributed by atoms with Crippen LogP contribution in [0.4, 0.5) is 0 Å². The summed E-state index contributed by atoms with van der Waals surface area (Å²) in [7, 11) is 1.54. The molecule has 3 unspecified atom stereocenters. The van der Waals surface area contributed by atoms with Crippen LogP contribution in [-0.4, -0.2) is 70.4 Å². The Morgan fingerprint density at radius 3 is 2.52 bits per heavy atom. The van der Waals surface area contributed by atoms with Gasteiger partial charge in [-0.05, 0) is 0 Å². The van der Waals surface area contributed by atoms with E-state index in [2.05, 4.69) is 5.32 Å². The van der Waals surface area contributed by atoms with Gasteiger partial charge in [0.05, 0.1) is 7.11 Å². The number of ether oxygens (including phenoxy) is 1. The molecule has 0 spiro atoms. The summed E-state index contributed by atoms with van der Waals surface area (Å²) in [4.78, 5) is 36.7. The number of hydrogen-bond donors (Lipinski definition) is 2. The molecule has 7 nitrogen and oxygen atoms in total. The van der Waals surface area contributed by atoms with Gasteiger partial charge in [0.15, 0.2) is 0 Å². The van der Waals surface area contributed by atoms with E-state index in [1.807, 2.05) is 0 Å². The summed E-state index contributed by atoms with van der Waals surface area (Å²) in [5.74, 6) is -0.883. The predicted octanol–water partition coefficient (Wildman–Crippen LogP) is -0.469. The van der Waals surface area contributed by atoms with Crippen molar-refractivity contribution in [3.8, 4) is 5.75 Å². The quantitative estimate of drug-likeness (QED) is 0.672. The molecule has 3 atom stereocenters. The molecule has 1 aliphatic heterocycles. The van der Waals surface area contributed by atoms with E-state index in [0.717, 1.165) is 0 Å². The second-order valence-electron chi connectivity index (χ2n) is 5.24. The number of carboxylic acid groups (broad SMARTS) is 1. The zero-order valence-corrected chi connectivity index (χ0v) is 15.1. The second-order valence-corrected chi connectivity index (χ2v) is 6.10. The van der Waals surface area contributed by atoms with Crippen molar-refractivity contribution in [1.29, 1.82) is 0 Å². The summed E-state index contributed by atoms with van der Waals surface area (Å²) >= 11 is 1.23. The van der Waals surface area contributed by atoms with E-state index in [1.54, 1.807) is 31.4 Å². The number of methoxy groups -OCH3 is 1. The molecule has 23 heavy (non-hydrogen) atoms. The van der Waals surface area contributed by atoms with Crippen molar-refractivity contribution in [2.45, 2.75) is 23.7 Å². The van der Waals surface area contributed by atoms with Crippen LogP contribution < -0.4 is 10.1 Å². The van der Waals surface area contributed by atoms with Crippen LogP contribution in [-0.2, 0) is 9.59 Å². The molecule has 0 aromatic heterocycles. The van der Waals surface area contributed by atoms with Crippen molar-refractivity contribution in [3.63, 3.8) is 0 Å². The third-order valence-corrected chi connectivity index (χ3v) is 4.50. The number of likely N-dealkylation sites (tertiary alicyclic amines) is 1. The molecule has 2 rings (SSSR count). The number of carboxylic acids is 1. The molecule has 124 valence electrons. The number of nitrogens with zero attached hydrogens (tertiary/aromatic N) is 1. The average Bonchev–Trinajstić information content (AvgIpc) is 2.98. The second kappa shape index (κ2) is 7.51. The Hall–Kier alpha value is -2.01. The Bertz CT molecular complexity index is 604. The van der Waals surface area contributed by atoms with Gasteiger partial charge in [0.1, 0.15) is 0 Å². The zero-order chi connectivity index (χ0) is 17.0. The fourth-order valence-corrected chi connectivity index (χ4v) is 3.07. The van der Waals surface area contributed by atoms with Crippen LogP contribution in [0.2, 0.25) is 5.21 Å². The molecule has 1 aliphatic rings. The molecular weight excluding hydrogens is 363 g/mol. The number of nitrogens with one attached hydrogen (secondary N) is 1. The van der Waals surface area contributed by atoms with Gasteiger partial charge in [-0.2, -0.15) is 0 Å². The maximum atomic E-state index is 12.2. The first-order chi connectivity index (χ1) is 11.0. The number of aliphatic carboxylic acids is 1. The topological polar surface area (TPSA) is 95.9 Å². The molecule has 0 bridgehead atoms. The van der Waals surface area contributed by atoms with E-state index < -0.39 is 12.0 Å². The molecule has 1 heterocycles. The van der Waals surface area contributed by atoms with E-state index in [9.17, 15) is 19.5 Å². The molecule has 1 saturated heterocycles. The Kier molecular flexibility index (Phi) is 5.66. The van der Waals surface area contributed by atoms with E-state index in [1.165, 1.54) is 21.8 Å². The fourth-order valence-electron chi connectivity index (χ4n) is 2.58. The predicted molar refractivity (Wildman–Crippen MR) is 85.4 cm³/mol. The molecule has 0 aliphatic carbocycles. The number of carbonyl (C=O) groups is 3. The monoisotopic (exact) mass is 382 g/mol. The van der Waals surface area contributed by atoms with Crippen LogP contribution in [0.1, 0.15) is 16.8 Å². The van der Waals surface area contributed by atoms with Gasteiger partial charge in [0.2, 0.25) is 0 Å². The maximum absolute atomic E-state index is 12.2. The van der Waals surface area contributed by atoms with Crippen LogP contribution in [0.25, 0.3) is 0 Å². The number of hydrogen-bond acceptors (Lipinski definition) is 4. The molecule has 0 radical (unpaired) electrons.